The maximum Gasteiger partial charge on any atom is 0.225 e. The van der Waals surface area contributed by atoms with E-state index in [1.807, 2.05) is 4.90 Å². The molecule has 3 aliphatic rings. The first kappa shape index (κ1) is 21.9. The minimum absolute atomic E-state index is 0. The van der Waals surface area contributed by atoms with Gasteiger partial charge in [-0.2, -0.15) is 0 Å². The molecule has 0 radical (unpaired) electrons. The summed E-state index contributed by atoms with van der Waals surface area (Å²) in [4.78, 5) is 14.4. The third-order valence-electron chi connectivity index (χ3n) is 6.34. The fourth-order valence-electron chi connectivity index (χ4n) is 4.42. The first-order valence-corrected chi connectivity index (χ1v) is 11.4. The van der Waals surface area contributed by atoms with Gasteiger partial charge in [0.25, 0.3) is 0 Å². The summed E-state index contributed by atoms with van der Waals surface area (Å²) >= 11 is 0. The topological polar surface area (TPSA) is 78.5 Å². The van der Waals surface area contributed by atoms with Gasteiger partial charge in [0.1, 0.15) is 0 Å². The number of likely N-dealkylation sites (tertiary alicyclic amines) is 1. The lowest BCUT2D eigenvalue weighted by atomic mass is 9.81. The van der Waals surface area contributed by atoms with E-state index in [9.17, 15) is 13.2 Å². The third-order valence-corrected chi connectivity index (χ3v) is 8.15. The molecule has 0 aromatic rings. The maximum atomic E-state index is 12.8. The second-order valence-electron chi connectivity index (χ2n) is 8.46. The molecule has 1 amide bonds. The third kappa shape index (κ3) is 5.33. The summed E-state index contributed by atoms with van der Waals surface area (Å²) in [6.45, 7) is 5.64. The lowest BCUT2D eigenvalue weighted by molar-refractivity contribution is -0.136. The Morgan fingerprint density at radius 1 is 1.15 bits per heavy atom. The molecule has 152 valence electrons. The van der Waals surface area contributed by atoms with Crippen LogP contribution in [0.3, 0.4) is 0 Å². The summed E-state index contributed by atoms with van der Waals surface area (Å²) in [7, 11) is -3.38. The van der Waals surface area contributed by atoms with E-state index in [2.05, 4.69) is 17.0 Å². The van der Waals surface area contributed by atoms with Crippen molar-refractivity contribution in [3.05, 3.63) is 0 Å². The monoisotopic (exact) mass is 407 g/mol. The van der Waals surface area contributed by atoms with Gasteiger partial charge in [0.15, 0.2) is 0 Å². The van der Waals surface area contributed by atoms with Crippen LogP contribution in [0.5, 0.6) is 0 Å². The van der Waals surface area contributed by atoms with Gasteiger partial charge in [-0.1, -0.05) is 19.8 Å². The Morgan fingerprint density at radius 3 is 2.46 bits per heavy atom. The van der Waals surface area contributed by atoms with Crippen LogP contribution in [0.25, 0.3) is 0 Å². The van der Waals surface area contributed by atoms with Crippen LogP contribution in [0.15, 0.2) is 0 Å². The molecule has 1 atom stereocenters. The molecule has 2 heterocycles. The number of piperidine rings is 2. The van der Waals surface area contributed by atoms with Crippen molar-refractivity contribution >= 4 is 28.3 Å². The number of hydrogen-bond acceptors (Lipinski definition) is 4. The normalized spacial score (nSPS) is 27.1. The zero-order valence-electron chi connectivity index (χ0n) is 15.8. The van der Waals surface area contributed by atoms with Crippen LogP contribution in [-0.2, 0) is 14.8 Å². The van der Waals surface area contributed by atoms with Gasteiger partial charge in [-0.05, 0) is 57.0 Å². The molecule has 0 spiro atoms. The van der Waals surface area contributed by atoms with Gasteiger partial charge < -0.3 is 10.2 Å². The van der Waals surface area contributed by atoms with Crippen molar-refractivity contribution in [1.29, 1.82) is 0 Å². The highest BCUT2D eigenvalue weighted by atomic mass is 35.5. The Hall–Kier alpha value is -0.370. The molecule has 1 unspecified atom stereocenters. The molecule has 2 saturated heterocycles. The lowest BCUT2D eigenvalue weighted by Gasteiger charge is -2.36. The molecule has 8 heteroatoms. The quantitative estimate of drug-likeness (QED) is 0.729. The van der Waals surface area contributed by atoms with Gasteiger partial charge in [0.2, 0.25) is 15.9 Å². The van der Waals surface area contributed by atoms with Gasteiger partial charge in [-0.3, -0.25) is 4.79 Å². The fraction of sp³-hybridized carbons (Fsp3) is 0.944. The molecular formula is C18H34ClN3O3S. The van der Waals surface area contributed by atoms with E-state index < -0.39 is 15.3 Å². The first-order chi connectivity index (χ1) is 11.9. The molecule has 0 aromatic carbocycles. The Morgan fingerprint density at radius 2 is 1.81 bits per heavy atom. The summed E-state index contributed by atoms with van der Waals surface area (Å²) in [5.74, 6) is 0.311. The number of halogens is 1. The highest BCUT2D eigenvalue weighted by Gasteiger charge is 2.37. The van der Waals surface area contributed by atoms with Crippen molar-refractivity contribution in [1.82, 2.24) is 14.9 Å². The average Bonchev–Trinajstić information content (AvgIpc) is 3.15. The SMILES string of the molecule is CC1(CNS(=O)(=O)C2CCCN(C(=O)C3CCCC3)C2)CCNCC1.Cl. The summed E-state index contributed by atoms with van der Waals surface area (Å²) < 4.78 is 28.5. The molecule has 2 N–H and O–H groups in total. The summed E-state index contributed by atoms with van der Waals surface area (Å²) in [5.41, 5.74) is 0.0341. The largest absolute Gasteiger partial charge is 0.341 e. The molecule has 0 bridgehead atoms. The Kier molecular flexibility index (Phi) is 7.77. The van der Waals surface area contributed by atoms with Crippen molar-refractivity contribution in [2.24, 2.45) is 11.3 Å². The van der Waals surface area contributed by atoms with Crippen LogP contribution in [0, 0.1) is 11.3 Å². The molecule has 2 aliphatic heterocycles. The van der Waals surface area contributed by atoms with Crippen LogP contribution < -0.4 is 10.0 Å². The maximum absolute atomic E-state index is 12.8. The number of carbonyl (C=O) groups excluding carboxylic acids is 1. The molecule has 6 nitrogen and oxygen atoms in total. The summed E-state index contributed by atoms with van der Waals surface area (Å²) in [6, 6.07) is 0. The Bertz CT molecular complexity index is 572. The van der Waals surface area contributed by atoms with E-state index in [4.69, 9.17) is 0 Å². The van der Waals surface area contributed by atoms with Crippen molar-refractivity contribution in [3.63, 3.8) is 0 Å². The smallest absolute Gasteiger partial charge is 0.225 e. The predicted octanol–water partition coefficient (Wildman–Crippen LogP) is 1.90. The van der Waals surface area contributed by atoms with Gasteiger partial charge in [0.05, 0.1) is 5.25 Å². The molecule has 26 heavy (non-hydrogen) atoms. The summed E-state index contributed by atoms with van der Waals surface area (Å²) in [6.07, 6.45) is 7.61. The molecular weight excluding hydrogens is 374 g/mol. The van der Waals surface area contributed by atoms with E-state index in [1.54, 1.807) is 0 Å². The van der Waals surface area contributed by atoms with E-state index in [0.717, 1.165) is 58.0 Å². The molecule has 0 aromatic heterocycles. The zero-order valence-corrected chi connectivity index (χ0v) is 17.5. The minimum Gasteiger partial charge on any atom is -0.341 e. The molecule has 3 rings (SSSR count). The number of nitrogens with one attached hydrogen (secondary N) is 2. The van der Waals surface area contributed by atoms with Crippen LogP contribution >= 0.6 is 12.4 Å². The highest BCUT2D eigenvalue weighted by molar-refractivity contribution is 7.90. The predicted molar refractivity (Wildman–Crippen MR) is 106 cm³/mol. The number of rotatable bonds is 5. The second-order valence-corrected chi connectivity index (χ2v) is 10.5. The van der Waals surface area contributed by atoms with E-state index in [0.29, 0.717) is 26.1 Å². The van der Waals surface area contributed by atoms with Crippen molar-refractivity contribution in [2.75, 3.05) is 32.7 Å². The second kappa shape index (κ2) is 9.22. The summed E-state index contributed by atoms with van der Waals surface area (Å²) in [5, 5.41) is 2.86. The number of hydrogen-bond donors (Lipinski definition) is 2. The molecule has 3 fully saturated rings. The fourth-order valence-corrected chi connectivity index (χ4v) is 6.06. The number of sulfonamides is 1. The van der Waals surface area contributed by atoms with Gasteiger partial charge in [-0.15, -0.1) is 12.4 Å². The molecule has 1 aliphatic carbocycles. The molecule has 1 saturated carbocycles. The first-order valence-electron chi connectivity index (χ1n) is 9.88. The van der Waals surface area contributed by atoms with Crippen LogP contribution in [0.1, 0.15) is 58.3 Å². The average molecular weight is 408 g/mol. The van der Waals surface area contributed by atoms with Crippen molar-refractivity contribution < 1.29 is 13.2 Å². The Labute approximate surface area is 164 Å². The zero-order chi connectivity index (χ0) is 17.9. The van der Waals surface area contributed by atoms with Crippen molar-refractivity contribution in [3.8, 4) is 0 Å². The van der Waals surface area contributed by atoms with Crippen LogP contribution in [-0.4, -0.2) is 57.2 Å². The van der Waals surface area contributed by atoms with Crippen LogP contribution in [0.2, 0.25) is 0 Å². The minimum atomic E-state index is -3.38. The van der Waals surface area contributed by atoms with Crippen molar-refractivity contribution in [2.45, 2.75) is 63.5 Å². The number of nitrogens with zero attached hydrogens (tertiary/aromatic N) is 1. The lowest BCUT2D eigenvalue weighted by Crippen LogP contribution is -2.51. The number of carbonyl (C=O) groups is 1. The van der Waals surface area contributed by atoms with E-state index >= 15 is 0 Å². The van der Waals surface area contributed by atoms with Gasteiger partial charge >= 0.3 is 0 Å². The number of amides is 1. The Balaban J connectivity index is 0.00000243. The standard InChI is InChI=1S/C18H33N3O3S.ClH/c1-18(8-10-19-11-9-18)14-20-25(23,24)16-7-4-12-21(13-16)17(22)15-5-2-3-6-15;/h15-16,19-20H,2-14H2,1H3;1H. The van der Waals surface area contributed by atoms with Gasteiger partial charge in [-0.25, -0.2) is 13.1 Å². The van der Waals surface area contributed by atoms with Crippen LogP contribution in [0.4, 0.5) is 0 Å². The van der Waals surface area contributed by atoms with Gasteiger partial charge in [0, 0.05) is 25.6 Å². The van der Waals surface area contributed by atoms with E-state index in [-0.39, 0.29) is 29.6 Å². The van der Waals surface area contributed by atoms with E-state index in [1.165, 1.54) is 0 Å². The highest BCUT2D eigenvalue weighted by Crippen LogP contribution is 2.29.